The van der Waals surface area contributed by atoms with Crippen LogP contribution in [-0.2, 0) is 10.0 Å². The second-order valence-corrected chi connectivity index (χ2v) is 5.82. The number of nitrogens with one attached hydrogen (secondary N) is 1. The van der Waals surface area contributed by atoms with Gasteiger partial charge in [0.1, 0.15) is 10.6 Å². The fourth-order valence-corrected chi connectivity index (χ4v) is 2.89. The lowest BCUT2D eigenvalue weighted by Crippen LogP contribution is -2.24. The third-order valence-electron chi connectivity index (χ3n) is 1.91. The van der Waals surface area contributed by atoms with E-state index in [-0.39, 0.29) is 11.4 Å². The third kappa shape index (κ3) is 3.83. The Bertz CT molecular complexity index is 499. The largest absolute Gasteiger partial charge is 0.492 e. The van der Waals surface area contributed by atoms with Crippen molar-refractivity contribution >= 4 is 26.0 Å². The number of benzene rings is 1. The minimum absolute atomic E-state index is 0.121. The maximum absolute atomic E-state index is 12.0. The molecule has 0 saturated carbocycles. The molecule has 6 heteroatoms. The SMILES string of the molecule is C=CCNS(=O)(=O)c1cc(Br)ccc1OCC. The van der Waals surface area contributed by atoms with Crippen molar-refractivity contribution < 1.29 is 13.2 Å². The van der Waals surface area contributed by atoms with Gasteiger partial charge in [0.15, 0.2) is 0 Å². The Kier molecular flexibility index (Phi) is 5.17. The van der Waals surface area contributed by atoms with Crippen LogP contribution < -0.4 is 9.46 Å². The molecule has 0 bridgehead atoms. The van der Waals surface area contributed by atoms with Gasteiger partial charge in [-0.3, -0.25) is 0 Å². The van der Waals surface area contributed by atoms with Gasteiger partial charge in [0.25, 0.3) is 0 Å². The van der Waals surface area contributed by atoms with Crippen molar-refractivity contribution in [3.63, 3.8) is 0 Å². The Hall–Kier alpha value is -0.850. The number of hydrogen-bond donors (Lipinski definition) is 1. The van der Waals surface area contributed by atoms with Crippen molar-refractivity contribution in [2.24, 2.45) is 0 Å². The Morgan fingerprint density at radius 1 is 1.53 bits per heavy atom. The van der Waals surface area contributed by atoms with Crippen LogP contribution in [0, 0.1) is 0 Å². The minimum atomic E-state index is -3.57. The molecule has 1 N–H and O–H groups in total. The molecule has 0 radical (unpaired) electrons. The highest BCUT2D eigenvalue weighted by Crippen LogP contribution is 2.27. The molecule has 0 saturated heterocycles. The van der Waals surface area contributed by atoms with E-state index >= 15 is 0 Å². The van der Waals surface area contributed by atoms with Gasteiger partial charge in [0.2, 0.25) is 10.0 Å². The maximum Gasteiger partial charge on any atom is 0.244 e. The van der Waals surface area contributed by atoms with Gasteiger partial charge in [-0.1, -0.05) is 22.0 Å². The summed E-state index contributed by atoms with van der Waals surface area (Å²) >= 11 is 3.24. The molecular formula is C11H14BrNO3S. The van der Waals surface area contributed by atoms with E-state index in [1.807, 2.05) is 0 Å². The fourth-order valence-electron chi connectivity index (χ4n) is 1.21. The lowest BCUT2D eigenvalue weighted by Gasteiger charge is -2.11. The highest BCUT2D eigenvalue weighted by Gasteiger charge is 2.19. The summed E-state index contributed by atoms with van der Waals surface area (Å²) in [6.45, 7) is 5.86. The first-order chi connectivity index (χ1) is 8.01. The van der Waals surface area contributed by atoms with E-state index in [2.05, 4.69) is 27.2 Å². The lowest BCUT2D eigenvalue weighted by atomic mass is 10.3. The number of hydrogen-bond acceptors (Lipinski definition) is 3. The number of rotatable bonds is 6. The highest BCUT2D eigenvalue weighted by atomic mass is 79.9. The van der Waals surface area contributed by atoms with Crippen LogP contribution in [0.1, 0.15) is 6.92 Å². The van der Waals surface area contributed by atoms with E-state index in [4.69, 9.17) is 4.74 Å². The van der Waals surface area contributed by atoms with E-state index in [1.165, 1.54) is 12.1 Å². The molecule has 0 fully saturated rings. The first kappa shape index (κ1) is 14.2. The van der Waals surface area contributed by atoms with Crippen molar-refractivity contribution in [3.05, 3.63) is 35.3 Å². The number of ether oxygens (including phenoxy) is 1. The monoisotopic (exact) mass is 319 g/mol. The molecule has 0 amide bonds. The summed E-state index contributed by atoms with van der Waals surface area (Å²) in [4.78, 5) is 0.121. The zero-order chi connectivity index (χ0) is 12.9. The van der Waals surface area contributed by atoms with Gasteiger partial charge in [0.05, 0.1) is 6.61 Å². The summed E-state index contributed by atoms with van der Waals surface area (Å²) < 4.78 is 32.3. The van der Waals surface area contributed by atoms with E-state index < -0.39 is 10.0 Å². The average Bonchev–Trinajstić information content (AvgIpc) is 2.29. The van der Waals surface area contributed by atoms with Crippen LogP contribution in [0.5, 0.6) is 5.75 Å². The van der Waals surface area contributed by atoms with E-state index in [0.717, 1.165) is 0 Å². The zero-order valence-corrected chi connectivity index (χ0v) is 11.8. The average molecular weight is 320 g/mol. The van der Waals surface area contributed by atoms with Crippen molar-refractivity contribution in [1.82, 2.24) is 4.72 Å². The van der Waals surface area contributed by atoms with Gasteiger partial charge in [0, 0.05) is 11.0 Å². The summed E-state index contributed by atoms with van der Waals surface area (Å²) in [6.07, 6.45) is 1.48. The van der Waals surface area contributed by atoms with Crippen LogP contribution in [0.4, 0.5) is 0 Å². The van der Waals surface area contributed by atoms with Crippen LogP contribution >= 0.6 is 15.9 Å². The maximum atomic E-state index is 12.0. The molecule has 94 valence electrons. The van der Waals surface area contributed by atoms with Gasteiger partial charge in [-0.25, -0.2) is 13.1 Å². The Labute approximate surface area is 110 Å². The lowest BCUT2D eigenvalue weighted by molar-refractivity contribution is 0.331. The molecule has 4 nitrogen and oxygen atoms in total. The molecule has 17 heavy (non-hydrogen) atoms. The molecule has 0 aliphatic carbocycles. The predicted molar refractivity (Wildman–Crippen MR) is 70.7 cm³/mol. The molecule has 0 aliphatic rings. The van der Waals surface area contributed by atoms with Gasteiger partial charge in [-0.05, 0) is 25.1 Å². The molecule has 0 unspecified atom stereocenters. The van der Waals surface area contributed by atoms with E-state index in [1.54, 1.807) is 19.1 Å². The van der Waals surface area contributed by atoms with Crippen LogP contribution in [-0.4, -0.2) is 21.6 Å². The summed E-state index contributed by atoms with van der Waals surface area (Å²) in [5.41, 5.74) is 0. The van der Waals surface area contributed by atoms with E-state index in [9.17, 15) is 8.42 Å². The highest BCUT2D eigenvalue weighted by molar-refractivity contribution is 9.10. The van der Waals surface area contributed by atoms with Crippen LogP contribution in [0.15, 0.2) is 40.2 Å². The normalized spacial score (nSPS) is 11.2. The van der Waals surface area contributed by atoms with Crippen molar-refractivity contribution in [2.45, 2.75) is 11.8 Å². The summed E-state index contributed by atoms with van der Waals surface area (Å²) in [5.74, 6) is 0.340. The molecule has 0 aromatic heterocycles. The first-order valence-corrected chi connectivity index (χ1v) is 7.31. The topological polar surface area (TPSA) is 55.4 Å². The van der Waals surface area contributed by atoms with Crippen molar-refractivity contribution in [1.29, 1.82) is 0 Å². The fraction of sp³-hybridized carbons (Fsp3) is 0.273. The van der Waals surface area contributed by atoms with Gasteiger partial charge in [-0.2, -0.15) is 0 Å². The second-order valence-electron chi connectivity index (χ2n) is 3.16. The second kappa shape index (κ2) is 6.18. The minimum Gasteiger partial charge on any atom is -0.492 e. The molecule has 0 atom stereocenters. The van der Waals surface area contributed by atoms with Crippen LogP contribution in [0.2, 0.25) is 0 Å². The molecule has 1 aromatic carbocycles. The van der Waals surface area contributed by atoms with Crippen molar-refractivity contribution in [2.75, 3.05) is 13.2 Å². The smallest absolute Gasteiger partial charge is 0.244 e. The first-order valence-electron chi connectivity index (χ1n) is 5.04. The summed E-state index contributed by atoms with van der Waals surface area (Å²) in [6, 6.07) is 4.87. The molecule has 1 rings (SSSR count). The summed E-state index contributed by atoms with van der Waals surface area (Å²) in [7, 11) is -3.57. The van der Waals surface area contributed by atoms with Crippen molar-refractivity contribution in [3.8, 4) is 5.75 Å². The van der Waals surface area contributed by atoms with Crippen LogP contribution in [0.25, 0.3) is 0 Å². The summed E-state index contributed by atoms with van der Waals surface area (Å²) in [5, 5.41) is 0. The zero-order valence-electron chi connectivity index (χ0n) is 9.44. The molecule has 0 spiro atoms. The molecular weight excluding hydrogens is 306 g/mol. The van der Waals surface area contributed by atoms with Gasteiger partial charge >= 0.3 is 0 Å². The quantitative estimate of drug-likeness (QED) is 0.819. The Morgan fingerprint density at radius 3 is 2.82 bits per heavy atom. The molecule has 0 heterocycles. The third-order valence-corrected chi connectivity index (χ3v) is 3.85. The Morgan fingerprint density at radius 2 is 2.24 bits per heavy atom. The molecule has 1 aromatic rings. The van der Waals surface area contributed by atoms with Gasteiger partial charge < -0.3 is 4.74 Å². The van der Waals surface area contributed by atoms with Gasteiger partial charge in [-0.15, -0.1) is 6.58 Å². The number of halogens is 1. The van der Waals surface area contributed by atoms with Crippen LogP contribution in [0.3, 0.4) is 0 Å². The van der Waals surface area contributed by atoms with E-state index in [0.29, 0.717) is 16.8 Å². The molecule has 0 aliphatic heterocycles. The predicted octanol–water partition coefficient (Wildman–Crippen LogP) is 2.31. The Balaban J connectivity index is 3.17. The standard InChI is InChI=1S/C11H14BrNO3S/c1-3-7-13-17(14,15)11-8-9(12)5-6-10(11)16-4-2/h3,5-6,8,13H,1,4,7H2,2H3. The number of sulfonamides is 1.